The van der Waals surface area contributed by atoms with Crippen LogP contribution in [0.3, 0.4) is 0 Å². The van der Waals surface area contributed by atoms with Crippen LogP contribution in [0.25, 0.3) is 0 Å². The predicted octanol–water partition coefficient (Wildman–Crippen LogP) is 7.22. The second-order valence-electron chi connectivity index (χ2n) is 14.0. The number of carbonyl (C=O) groups is 2. The van der Waals surface area contributed by atoms with Crippen LogP contribution in [-0.4, -0.2) is 83.6 Å². The summed E-state index contributed by atoms with van der Waals surface area (Å²) in [6.45, 7) is 6.53. The maximum atomic E-state index is 17.2. The van der Waals surface area contributed by atoms with Gasteiger partial charge in [-0.1, -0.05) is 18.2 Å². The predicted molar refractivity (Wildman–Crippen MR) is 164 cm³/mol. The molecule has 3 aliphatic heterocycles. The molecule has 0 aliphatic carbocycles. The second-order valence-corrected chi connectivity index (χ2v) is 14.0. The Morgan fingerprint density at radius 2 is 1.48 bits per heavy atom. The van der Waals surface area contributed by atoms with Crippen LogP contribution in [0, 0.1) is 5.92 Å². The molecule has 2 atom stereocenters. The summed E-state index contributed by atoms with van der Waals surface area (Å²) in [5.41, 5.74) is -2.24. The second kappa shape index (κ2) is 13.1. The first-order chi connectivity index (χ1) is 22.3. The van der Waals surface area contributed by atoms with E-state index in [4.69, 9.17) is 0 Å². The van der Waals surface area contributed by atoms with E-state index in [9.17, 15) is 41.0 Å². The fourth-order valence-corrected chi connectivity index (χ4v) is 7.18. The molecule has 0 spiro atoms. The maximum Gasteiger partial charge on any atom is 0.573 e. The molecule has 3 aliphatic rings. The van der Waals surface area contributed by atoms with Crippen LogP contribution in [0.5, 0.6) is 5.75 Å². The molecule has 2 aromatic rings. The molecule has 0 radical (unpaired) electrons. The lowest BCUT2D eigenvalue weighted by Gasteiger charge is -2.39. The number of carboxylic acids is 1. The van der Waals surface area contributed by atoms with Crippen LogP contribution in [0.1, 0.15) is 75.0 Å². The summed E-state index contributed by atoms with van der Waals surface area (Å²) in [6.07, 6.45) is -8.08. The first-order valence-electron chi connectivity index (χ1n) is 16.0. The Morgan fingerprint density at radius 3 is 2.00 bits per heavy atom. The van der Waals surface area contributed by atoms with Crippen LogP contribution in [-0.2, 0) is 15.8 Å². The topological polar surface area (TPSA) is 73.3 Å². The number of carbonyl (C=O) groups excluding carboxylic acids is 1. The number of rotatable bonds is 6. The summed E-state index contributed by atoms with van der Waals surface area (Å²) in [6, 6.07) is 8.50. The molecule has 14 heteroatoms. The number of halogens is 7. The maximum absolute atomic E-state index is 17.2. The van der Waals surface area contributed by atoms with Gasteiger partial charge in [-0.25, -0.2) is 4.39 Å². The third kappa shape index (κ3) is 7.68. The van der Waals surface area contributed by atoms with Gasteiger partial charge < -0.3 is 19.6 Å². The number of aliphatic carboxylic acids is 1. The van der Waals surface area contributed by atoms with E-state index >= 15 is 4.39 Å². The molecule has 0 bridgehead atoms. The number of alkyl halides is 7. The zero-order chi connectivity index (χ0) is 35.2. The lowest BCUT2D eigenvalue weighted by atomic mass is 9.83. The summed E-state index contributed by atoms with van der Waals surface area (Å²) in [7, 11) is 0. The number of nitrogens with zero attached hydrogens (tertiary/aromatic N) is 3. The van der Waals surface area contributed by atoms with Gasteiger partial charge in [-0.15, -0.1) is 13.2 Å². The van der Waals surface area contributed by atoms with Crippen molar-refractivity contribution < 1.29 is 50.2 Å². The molecule has 2 aromatic carbocycles. The van der Waals surface area contributed by atoms with Gasteiger partial charge in [0.15, 0.2) is 0 Å². The number of ether oxygens (including phenoxy) is 1. The van der Waals surface area contributed by atoms with Gasteiger partial charge in [-0.05, 0) is 87.8 Å². The normalized spacial score (nSPS) is 23.8. The summed E-state index contributed by atoms with van der Waals surface area (Å²) in [5.74, 6) is -3.84. The Bertz CT molecular complexity index is 1480. The van der Waals surface area contributed by atoms with Crippen molar-refractivity contribution in [1.29, 1.82) is 0 Å². The summed E-state index contributed by atoms with van der Waals surface area (Å²) in [5, 5.41) is 9.38. The largest absolute Gasteiger partial charge is 0.573 e. The number of hydrogen-bond donors (Lipinski definition) is 1. The van der Waals surface area contributed by atoms with E-state index < -0.39 is 58.8 Å². The average molecular weight is 688 g/mol. The van der Waals surface area contributed by atoms with Crippen molar-refractivity contribution in [3.63, 3.8) is 0 Å². The van der Waals surface area contributed by atoms with Crippen LogP contribution in [0.2, 0.25) is 0 Å². The number of piperidine rings is 2. The Kier molecular flexibility index (Phi) is 9.72. The number of anilines is 1. The molecule has 5 rings (SSSR count). The first-order valence-corrected chi connectivity index (χ1v) is 16.0. The molecule has 0 unspecified atom stereocenters. The van der Waals surface area contributed by atoms with Gasteiger partial charge in [0.05, 0.1) is 11.5 Å². The fourth-order valence-electron chi connectivity index (χ4n) is 7.18. The monoisotopic (exact) mass is 687 g/mol. The van der Waals surface area contributed by atoms with E-state index in [2.05, 4.69) is 4.74 Å². The quantitative estimate of drug-likeness (QED) is 0.324. The van der Waals surface area contributed by atoms with Crippen molar-refractivity contribution >= 4 is 17.6 Å². The first kappa shape index (κ1) is 35.7. The van der Waals surface area contributed by atoms with Gasteiger partial charge in [-0.2, -0.15) is 13.2 Å². The third-order valence-corrected chi connectivity index (χ3v) is 9.96. The van der Waals surface area contributed by atoms with Crippen LogP contribution >= 0.6 is 0 Å². The molecule has 3 heterocycles. The SMILES string of the molecule is CC(C)(C)N1C[C@@H](c2ccc(OC(F)(F)F)cc2)[C@](F)(C(=O)N2CCC(c3ccc(C(F)(F)F)cc3N3CCC(C(=O)O)CC3)CC2)C1. The van der Waals surface area contributed by atoms with Gasteiger partial charge in [0.2, 0.25) is 5.67 Å². The number of benzene rings is 2. The third-order valence-electron chi connectivity index (χ3n) is 9.96. The minimum atomic E-state index is -4.89. The molecule has 3 saturated heterocycles. The van der Waals surface area contributed by atoms with Crippen molar-refractivity contribution in [3.05, 3.63) is 59.2 Å². The zero-order valence-electron chi connectivity index (χ0n) is 27.0. The van der Waals surface area contributed by atoms with Crippen molar-refractivity contribution in [2.45, 2.75) is 82.0 Å². The van der Waals surface area contributed by atoms with Gasteiger partial charge in [0, 0.05) is 56.4 Å². The summed E-state index contributed by atoms with van der Waals surface area (Å²) < 4.78 is 100. The summed E-state index contributed by atoms with van der Waals surface area (Å²) >= 11 is 0. The van der Waals surface area contributed by atoms with Crippen molar-refractivity contribution in [1.82, 2.24) is 9.80 Å². The Morgan fingerprint density at radius 1 is 0.875 bits per heavy atom. The lowest BCUT2D eigenvalue weighted by Crippen LogP contribution is -2.53. The Balaban J connectivity index is 1.35. The number of hydrogen-bond acceptors (Lipinski definition) is 5. The van der Waals surface area contributed by atoms with Gasteiger partial charge in [-0.3, -0.25) is 14.5 Å². The highest BCUT2D eigenvalue weighted by Gasteiger charge is 2.57. The highest BCUT2D eigenvalue weighted by molar-refractivity contribution is 5.87. The minimum Gasteiger partial charge on any atom is -0.481 e. The molecule has 264 valence electrons. The lowest BCUT2D eigenvalue weighted by molar-refractivity contribution is -0.274. The van der Waals surface area contributed by atoms with Gasteiger partial charge in [0.25, 0.3) is 5.91 Å². The number of carboxylic acid groups (broad SMARTS) is 1. The van der Waals surface area contributed by atoms with Crippen molar-refractivity contribution in [3.8, 4) is 5.75 Å². The molecule has 0 aromatic heterocycles. The summed E-state index contributed by atoms with van der Waals surface area (Å²) in [4.78, 5) is 30.5. The smallest absolute Gasteiger partial charge is 0.481 e. The fraction of sp³-hybridized carbons (Fsp3) is 0.588. The molecular formula is C34H40F7N3O4. The van der Waals surface area contributed by atoms with E-state index in [1.54, 1.807) is 4.90 Å². The van der Waals surface area contributed by atoms with Crippen LogP contribution in [0.4, 0.5) is 36.4 Å². The van der Waals surface area contributed by atoms with E-state index in [1.165, 1.54) is 23.1 Å². The Labute approximate surface area is 274 Å². The molecule has 7 nitrogen and oxygen atoms in total. The van der Waals surface area contributed by atoms with E-state index in [0.29, 0.717) is 55.6 Å². The molecule has 1 N–H and O–H groups in total. The molecule has 3 fully saturated rings. The van der Waals surface area contributed by atoms with E-state index in [1.807, 2.05) is 25.7 Å². The molecule has 1 amide bonds. The van der Waals surface area contributed by atoms with Crippen molar-refractivity contribution in [2.24, 2.45) is 5.92 Å². The Hall–Kier alpha value is -3.55. The van der Waals surface area contributed by atoms with Gasteiger partial charge >= 0.3 is 18.5 Å². The van der Waals surface area contributed by atoms with Gasteiger partial charge in [0.1, 0.15) is 5.75 Å². The number of amides is 1. The average Bonchev–Trinajstić information content (AvgIpc) is 3.39. The highest BCUT2D eigenvalue weighted by Crippen LogP contribution is 2.45. The van der Waals surface area contributed by atoms with Crippen LogP contribution in [0.15, 0.2) is 42.5 Å². The van der Waals surface area contributed by atoms with Crippen molar-refractivity contribution in [2.75, 3.05) is 44.2 Å². The molecule has 48 heavy (non-hydrogen) atoms. The zero-order valence-corrected chi connectivity index (χ0v) is 27.0. The van der Waals surface area contributed by atoms with E-state index in [-0.39, 0.29) is 32.1 Å². The molecule has 0 saturated carbocycles. The standard InChI is InChI=1S/C34H40F7N3O4/c1-31(2,3)44-19-27(22-4-7-25(8-5-22)48-34(39,40)41)32(35,20-44)30(47)43-16-10-21(11-17-43)26-9-6-24(33(36,37)38)18-28(26)42-14-12-23(13-15-42)29(45)46/h4-9,18,21,23,27H,10-17,19-20H2,1-3H3,(H,45,46)/t27-,32-/m0/s1. The van der Waals surface area contributed by atoms with Crippen LogP contribution < -0.4 is 9.64 Å². The highest BCUT2D eigenvalue weighted by atomic mass is 19.4. The van der Waals surface area contributed by atoms with E-state index in [0.717, 1.165) is 24.3 Å². The minimum absolute atomic E-state index is 0.162. The number of likely N-dealkylation sites (tertiary alicyclic amines) is 2. The molecular weight excluding hydrogens is 647 g/mol.